The Balaban J connectivity index is 2.13. The third-order valence-electron chi connectivity index (χ3n) is 5.96. The molecule has 7 heteroatoms. The van der Waals surface area contributed by atoms with Crippen LogP contribution < -0.4 is 10.6 Å². The molecule has 30 heavy (non-hydrogen) atoms. The van der Waals surface area contributed by atoms with Gasteiger partial charge >= 0.3 is 6.18 Å². The van der Waals surface area contributed by atoms with E-state index in [1.165, 1.54) is 0 Å². The maximum absolute atomic E-state index is 14.3. The van der Waals surface area contributed by atoms with Crippen LogP contribution in [0.4, 0.5) is 13.2 Å². The highest BCUT2D eigenvalue weighted by Crippen LogP contribution is 2.52. The van der Waals surface area contributed by atoms with E-state index in [0.29, 0.717) is 12.3 Å². The van der Waals surface area contributed by atoms with Gasteiger partial charge in [0.2, 0.25) is 0 Å². The van der Waals surface area contributed by atoms with Crippen molar-refractivity contribution >= 4 is 18.0 Å². The van der Waals surface area contributed by atoms with Gasteiger partial charge < -0.3 is 9.63 Å². The van der Waals surface area contributed by atoms with Crippen molar-refractivity contribution in [2.75, 3.05) is 0 Å². The summed E-state index contributed by atoms with van der Waals surface area (Å²) in [7, 11) is -3.98. The van der Waals surface area contributed by atoms with E-state index in [-0.39, 0.29) is 28.5 Å². The van der Waals surface area contributed by atoms with Gasteiger partial charge in [-0.15, -0.1) is 0 Å². The van der Waals surface area contributed by atoms with Crippen LogP contribution in [0, 0.1) is 17.8 Å². The number of aromatic hydroxyl groups is 1. The lowest BCUT2D eigenvalue weighted by Crippen LogP contribution is -2.36. The van der Waals surface area contributed by atoms with E-state index in [4.69, 9.17) is 4.52 Å². The highest BCUT2D eigenvalue weighted by molar-refractivity contribution is 7.74. The van der Waals surface area contributed by atoms with Crippen molar-refractivity contribution < 1.29 is 27.4 Å². The monoisotopic (exact) mass is 440 g/mol. The second kappa shape index (κ2) is 8.76. The highest BCUT2D eigenvalue weighted by Gasteiger charge is 2.41. The number of halogens is 3. The standard InChI is InChI=1S/C23H28F3O3P/c1-15(2)19-11-9-16(3)13-21(19)29-30(28,18-7-5-4-6-8-18)22-14-17(23(24,25)26)10-12-20(22)27/h4-8,10,12,14-16,19,21,27H,9,11,13H2,1-3H3/t16-,19+,21-,30?/m1/s1. The fourth-order valence-electron chi connectivity index (χ4n) is 4.24. The summed E-state index contributed by atoms with van der Waals surface area (Å²) >= 11 is 0. The lowest BCUT2D eigenvalue weighted by atomic mass is 9.75. The molecule has 1 aliphatic carbocycles. The molecule has 1 N–H and O–H groups in total. The molecule has 0 amide bonds. The van der Waals surface area contributed by atoms with Gasteiger partial charge in [0.25, 0.3) is 7.37 Å². The minimum atomic E-state index is -4.62. The molecule has 0 saturated heterocycles. The van der Waals surface area contributed by atoms with Crippen LogP contribution in [-0.2, 0) is 15.3 Å². The largest absolute Gasteiger partial charge is 0.507 e. The average Bonchev–Trinajstić information content (AvgIpc) is 2.67. The zero-order chi connectivity index (χ0) is 22.1. The second-order valence-corrected chi connectivity index (χ2v) is 10.9. The molecule has 2 aromatic carbocycles. The van der Waals surface area contributed by atoms with Crippen LogP contribution in [0.15, 0.2) is 48.5 Å². The van der Waals surface area contributed by atoms with E-state index in [1.54, 1.807) is 30.3 Å². The molecule has 4 atom stereocenters. The van der Waals surface area contributed by atoms with E-state index < -0.39 is 24.9 Å². The molecule has 0 aromatic heterocycles. The summed E-state index contributed by atoms with van der Waals surface area (Å²) in [4.78, 5) is 0. The number of rotatable bonds is 5. The van der Waals surface area contributed by atoms with Crippen LogP contribution >= 0.6 is 7.37 Å². The van der Waals surface area contributed by atoms with Gasteiger partial charge in [0, 0.05) is 5.30 Å². The second-order valence-electron chi connectivity index (χ2n) is 8.56. The van der Waals surface area contributed by atoms with Crippen molar-refractivity contribution in [2.45, 2.75) is 52.3 Å². The molecular formula is C23H28F3O3P. The Bertz CT molecular complexity index is 912. The molecule has 0 radical (unpaired) electrons. The first-order valence-electron chi connectivity index (χ1n) is 10.3. The fraction of sp³-hybridized carbons (Fsp3) is 0.478. The number of benzene rings is 2. The van der Waals surface area contributed by atoms with E-state index in [2.05, 4.69) is 20.8 Å². The molecule has 164 valence electrons. The molecular weight excluding hydrogens is 412 g/mol. The summed E-state index contributed by atoms with van der Waals surface area (Å²) in [6.07, 6.45) is -2.36. The molecule has 3 rings (SSSR count). The number of alkyl halides is 3. The Morgan fingerprint density at radius 2 is 1.77 bits per heavy atom. The third kappa shape index (κ3) is 4.76. The van der Waals surface area contributed by atoms with Crippen LogP contribution in [-0.4, -0.2) is 11.2 Å². The summed E-state index contributed by atoms with van der Waals surface area (Å²) in [5.74, 6) is 0.331. The first-order chi connectivity index (χ1) is 14.0. The lowest BCUT2D eigenvalue weighted by molar-refractivity contribution is -0.137. The van der Waals surface area contributed by atoms with Crippen LogP contribution in [0.1, 0.15) is 45.6 Å². The molecule has 1 unspecified atom stereocenters. The van der Waals surface area contributed by atoms with Crippen molar-refractivity contribution in [1.29, 1.82) is 0 Å². The first kappa shape index (κ1) is 22.9. The fourth-order valence-corrected chi connectivity index (χ4v) is 6.63. The molecule has 1 aliphatic rings. The van der Waals surface area contributed by atoms with Crippen molar-refractivity contribution in [1.82, 2.24) is 0 Å². The normalized spacial score (nSPS) is 24.6. The minimum absolute atomic E-state index is 0.145. The van der Waals surface area contributed by atoms with Crippen LogP contribution in [0.5, 0.6) is 5.75 Å². The summed E-state index contributed by atoms with van der Waals surface area (Å²) in [5, 5.41) is 10.4. The predicted molar refractivity (Wildman–Crippen MR) is 113 cm³/mol. The van der Waals surface area contributed by atoms with Crippen LogP contribution in [0.2, 0.25) is 0 Å². The maximum atomic E-state index is 14.3. The van der Waals surface area contributed by atoms with Crippen molar-refractivity contribution in [3.05, 3.63) is 54.1 Å². The lowest BCUT2D eigenvalue weighted by Gasteiger charge is -2.39. The quantitative estimate of drug-likeness (QED) is 0.570. The number of phenolic OH excluding ortho intramolecular Hbond substituents is 1. The highest BCUT2D eigenvalue weighted by atomic mass is 31.2. The molecule has 0 bridgehead atoms. The van der Waals surface area contributed by atoms with Crippen molar-refractivity contribution in [2.24, 2.45) is 17.8 Å². The molecule has 1 fully saturated rings. The van der Waals surface area contributed by atoms with Gasteiger partial charge in [0.05, 0.1) is 17.0 Å². The van der Waals surface area contributed by atoms with Crippen LogP contribution in [0.25, 0.3) is 0 Å². The number of hydrogen-bond acceptors (Lipinski definition) is 3. The topological polar surface area (TPSA) is 46.5 Å². The van der Waals surface area contributed by atoms with Gasteiger partial charge in [-0.3, -0.25) is 4.57 Å². The molecule has 0 spiro atoms. The van der Waals surface area contributed by atoms with E-state index in [0.717, 1.165) is 31.0 Å². The number of phenols is 1. The Labute approximate surface area is 175 Å². The van der Waals surface area contributed by atoms with Crippen LogP contribution in [0.3, 0.4) is 0 Å². The molecule has 2 aromatic rings. The van der Waals surface area contributed by atoms with Crippen molar-refractivity contribution in [3.63, 3.8) is 0 Å². The third-order valence-corrected chi connectivity index (χ3v) is 8.50. The van der Waals surface area contributed by atoms with Gasteiger partial charge in [0.1, 0.15) is 5.75 Å². The predicted octanol–water partition coefficient (Wildman–Crippen LogP) is 6.12. The van der Waals surface area contributed by atoms with Gasteiger partial charge in [0.15, 0.2) is 0 Å². The van der Waals surface area contributed by atoms with Gasteiger partial charge in [-0.25, -0.2) is 0 Å². The Morgan fingerprint density at radius 1 is 1.10 bits per heavy atom. The number of hydrogen-bond donors (Lipinski definition) is 1. The zero-order valence-electron chi connectivity index (χ0n) is 17.4. The van der Waals surface area contributed by atoms with Crippen molar-refractivity contribution in [3.8, 4) is 5.75 Å². The summed E-state index contributed by atoms with van der Waals surface area (Å²) in [6, 6.07) is 10.7. The summed E-state index contributed by atoms with van der Waals surface area (Å²) in [5.41, 5.74) is -0.965. The summed E-state index contributed by atoms with van der Waals surface area (Å²) < 4.78 is 60.6. The SMILES string of the molecule is CC(C)[C@@H]1CC[C@@H](C)C[C@H]1OP(=O)(c1ccccc1)c1cc(C(F)(F)F)ccc1O. The Morgan fingerprint density at radius 3 is 2.37 bits per heavy atom. The molecule has 0 aliphatic heterocycles. The zero-order valence-corrected chi connectivity index (χ0v) is 18.3. The first-order valence-corrected chi connectivity index (χ1v) is 11.9. The van der Waals surface area contributed by atoms with Gasteiger partial charge in [-0.2, -0.15) is 13.2 Å². The van der Waals surface area contributed by atoms with Gasteiger partial charge in [-0.05, 0) is 60.9 Å². The summed E-state index contributed by atoms with van der Waals surface area (Å²) in [6.45, 7) is 6.25. The van der Waals surface area contributed by atoms with E-state index >= 15 is 0 Å². The average molecular weight is 440 g/mol. The van der Waals surface area contributed by atoms with E-state index in [9.17, 15) is 22.8 Å². The van der Waals surface area contributed by atoms with Gasteiger partial charge in [-0.1, -0.05) is 45.4 Å². The Hall–Kier alpha value is -1.78. The molecule has 1 saturated carbocycles. The Kier molecular flexibility index (Phi) is 6.69. The van der Waals surface area contributed by atoms with E-state index in [1.807, 2.05) is 0 Å². The smallest absolute Gasteiger partial charge is 0.416 e. The minimum Gasteiger partial charge on any atom is -0.507 e. The molecule has 0 heterocycles. The molecule has 3 nitrogen and oxygen atoms in total. The maximum Gasteiger partial charge on any atom is 0.416 e.